The fraction of sp³-hybridized carbons (Fsp3) is 0.667. The quantitative estimate of drug-likeness (QED) is 0.327. The predicted octanol–water partition coefficient (Wildman–Crippen LogP) is 2.58. The summed E-state index contributed by atoms with van der Waals surface area (Å²) in [6, 6.07) is 4.84. The number of ether oxygens (including phenoxy) is 1. The lowest BCUT2D eigenvalue weighted by Gasteiger charge is -2.34. The Balaban J connectivity index is 1.59. The number of benzene rings is 1. The van der Waals surface area contributed by atoms with Crippen LogP contribution >= 0.6 is 0 Å². The van der Waals surface area contributed by atoms with Gasteiger partial charge in [0.25, 0.3) is 0 Å². The molecule has 1 saturated heterocycles. The minimum atomic E-state index is -4.28. The van der Waals surface area contributed by atoms with Crippen molar-refractivity contribution >= 4 is 9.84 Å². The Morgan fingerprint density at radius 1 is 0.929 bits per heavy atom. The van der Waals surface area contributed by atoms with Gasteiger partial charge in [0.1, 0.15) is 12.4 Å². The van der Waals surface area contributed by atoms with Gasteiger partial charge in [-0.25, -0.2) is 12.8 Å². The number of hydrogen-bond acceptors (Lipinski definition) is 5. The molecular weight excluding hydrogens is 400 g/mol. The summed E-state index contributed by atoms with van der Waals surface area (Å²) >= 11 is 0. The van der Waals surface area contributed by atoms with Gasteiger partial charge in [-0.2, -0.15) is 13.2 Å². The van der Waals surface area contributed by atoms with E-state index < -0.39 is 28.4 Å². The van der Waals surface area contributed by atoms with Gasteiger partial charge in [0, 0.05) is 39.3 Å². The van der Waals surface area contributed by atoms with Gasteiger partial charge < -0.3 is 14.5 Å². The first kappa shape index (κ1) is 23.1. The van der Waals surface area contributed by atoms with Gasteiger partial charge in [-0.1, -0.05) is 0 Å². The largest absolute Gasteiger partial charge is 0.411 e. The fourth-order valence-electron chi connectivity index (χ4n) is 3.05. The van der Waals surface area contributed by atoms with Gasteiger partial charge in [0.05, 0.1) is 10.6 Å². The number of sulfone groups is 1. The zero-order valence-corrected chi connectivity index (χ0v) is 16.4. The van der Waals surface area contributed by atoms with Crippen LogP contribution in [0.3, 0.4) is 0 Å². The molecule has 1 aromatic carbocycles. The van der Waals surface area contributed by atoms with Crippen molar-refractivity contribution < 1.29 is 30.7 Å². The van der Waals surface area contributed by atoms with E-state index in [1.54, 1.807) is 0 Å². The first-order valence-electron chi connectivity index (χ1n) is 9.23. The second-order valence-corrected chi connectivity index (χ2v) is 8.94. The molecule has 0 amide bonds. The molecule has 10 heteroatoms. The molecule has 0 spiro atoms. The fourth-order valence-corrected chi connectivity index (χ4v) is 4.35. The minimum Gasteiger partial charge on any atom is -0.372 e. The normalized spacial score (nSPS) is 17.1. The first-order chi connectivity index (χ1) is 13.2. The number of alkyl halides is 3. The van der Waals surface area contributed by atoms with Crippen LogP contribution in [-0.4, -0.2) is 82.6 Å². The van der Waals surface area contributed by atoms with Crippen molar-refractivity contribution in [2.24, 2.45) is 0 Å². The van der Waals surface area contributed by atoms with Crippen LogP contribution in [0.1, 0.15) is 12.8 Å². The Hall–Kier alpha value is -1.23. The van der Waals surface area contributed by atoms with E-state index in [-0.39, 0.29) is 17.3 Å². The third-order valence-corrected chi connectivity index (χ3v) is 6.37. The van der Waals surface area contributed by atoms with Crippen LogP contribution in [0.15, 0.2) is 29.2 Å². The molecule has 28 heavy (non-hydrogen) atoms. The summed E-state index contributed by atoms with van der Waals surface area (Å²) in [6.45, 7) is 3.39. The van der Waals surface area contributed by atoms with Crippen LogP contribution in [0.2, 0.25) is 0 Å². The van der Waals surface area contributed by atoms with Crippen molar-refractivity contribution in [3.8, 4) is 0 Å². The highest BCUT2D eigenvalue weighted by Crippen LogP contribution is 2.15. The van der Waals surface area contributed by atoms with Crippen molar-refractivity contribution in [2.75, 3.05) is 58.2 Å². The summed E-state index contributed by atoms with van der Waals surface area (Å²) in [5.41, 5.74) is 0. The number of nitrogens with zero attached hydrogens (tertiary/aromatic N) is 2. The third kappa shape index (κ3) is 8.42. The zero-order valence-electron chi connectivity index (χ0n) is 15.6. The molecule has 0 aliphatic carbocycles. The van der Waals surface area contributed by atoms with Gasteiger partial charge >= 0.3 is 6.18 Å². The maximum absolute atomic E-state index is 12.9. The summed E-state index contributed by atoms with van der Waals surface area (Å²) in [5, 5.41) is 0. The number of halogens is 4. The SMILES string of the molecule is O=S(=O)(CCCN1CCN(CCCOCC(F)(F)F)CC1)c1ccc(F)cc1. The van der Waals surface area contributed by atoms with Crippen LogP contribution in [0.5, 0.6) is 0 Å². The average Bonchev–Trinajstić information content (AvgIpc) is 2.62. The van der Waals surface area contributed by atoms with Crippen molar-refractivity contribution in [3.05, 3.63) is 30.1 Å². The van der Waals surface area contributed by atoms with Crippen molar-refractivity contribution in [2.45, 2.75) is 23.9 Å². The van der Waals surface area contributed by atoms with Crippen LogP contribution in [0.25, 0.3) is 0 Å². The van der Waals surface area contributed by atoms with E-state index in [0.717, 1.165) is 38.3 Å². The summed E-state index contributed by atoms with van der Waals surface area (Å²) < 4.78 is 77.9. The Bertz CT molecular complexity index is 688. The monoisotopic (exact) mass is 426 g/mol. The molecule has 0 N–H and O–H groups in total. The van der Waals surface area contributed by atoms with E-state index in [9.17, 15) is 26.0 Å². The molecule has 160 valence electrons. The topological polar surface area (TPSA) is 49.9 Å². The van der Waals surface area contributed by atoms with Crippen LogP contribution in [0.4, 0.5) is 17.6 Å². The lowest BCUT2D eigenvalue weighted by Crippen LogP contribution is -2.47. The molecule has 0 radical (unpaired) electrons. The summed E-state index contributed by atoms with van der Waals surface area (Å²) in [7, 11) is -3.41. The molecule has 1 heterocycles. The first-order valence-corrected chi connectivity index (χ1v) is 10.9. The van der Waals surface area contributed by atoms with Crippen molar-refractivity contribution in [1.29, 1.82) is 0 Å². The molecular formula is C18H26F4N2O3S. The van der Waals surface area contributed by atoms with Crippen LogP contribution in [-0.2, 0) is 14.6 Å². The van der Waals surface area contributed by atoms with Crippen molar-refractivity contribution in [3.63, 3.8) is 0 Å². The number of hydrogen-bond donors (Lipinski definition) is 0. The zero-order chi connectivity index (χ0) is 20.6. The second kappa shape index (κ2) is 10.5. The molecule has 1 fully saturated rings. The van der Waals surface area contributed by atoms with E-state index in [1.807, 2.05) is 0 Å². The Morgan fingerprint density at radius 2 is 1.46 bits per heavy atom. The molecule has 1 aliphatic rings. The molecule has 1 aromatic rings. The Labute approximate surface area is 163 Å². The Morgan fingerprint density at radius 3 is 2.00 bits per heavy atom. The molecule has 0 atom stereocenters. The van der Waals surface area contributed by atoms with E-state index >= 15 is 0 Å². The van der Waals surface area contributed by atoms with E-state index in [4.69, 9.17) is 0 Å². The molecule has 0 bridgehead atoms. The highest BCUT2D eigenvalue weighted by Gasteiger charge is 2.27. The minimum absolute atomic E-state index is 0.00932. The maximum atomic E-state index is 12.9. The number of rotatable bonds is 10. The predicted molar refractivity (Wildman–Crippen MR) is 97.4 cm³/mol. The highest BCUT2D eigenvalue weighted by atomic mass is 32.2. The van der Waals surface area contributed by atoms with Gasteiger partial charge in [0.15, 0.2) is 9.84 Å². The lowest BCUT2D eigenvalue weighted by molar-refractivity contribution is -0.174. The smallest absolute Gasteiger partial charge is 0.372 e. The summed E-state index contributed by atoms with van der Waals surface area (Å²) in [4.78, 5) is 4.48. The van der Waals surface area contributed by atoms with Gasteiger partial charge in [-0.05, 0) is 43.7 Å². The van der Waals surface area contributed by atoms with Gasteiger partial charge in [-0.15, -0.1) is 0 Å². The van der Waals surface area contributed by atoms with Crippen LogP contribution < -0.4 is 0 Å². The average molecular weight is 426 g/mol. The molecule has 5 nitrogen and oxygen atoms in total. The summed E-state index contributed by atoms with van der Waals surface area (Å²) in [5.74, 6) is -0.459. The molecule has 0 unspecified atom stereocenters. The van der Waals surface area contributed by atoms with Gasteiger partial charge in [-0.3, -0.25) is 0 Å². The van der Waals surface area contributed by atoms with Gasteiger partial charge in [0.2, 0.25) is 0 Å². The highest BCUT2D eigenvalue weighted by molar-refractivity contribution is 7.91. The standard InChI is InChI=1S/C18H26F4N2O3S/c19-16-3-5-17(6-4-16)28(25,26)14-2-8-24-11-9-23(10-12-24)7-1-13-27-15-18(20,21)22/h3-6H,1-2,7-15H2. The van der Waals surface area contributed by atoms with E-state index in [0.29, 0.717) is 25.9 Å². The molecule has 0 aromatic heterocycles. The molecule has 1 aliphatic heterocycles. The Kier molecular flexibility index (Phi) is 8.66. The van der Waals surface area contributed by atoms with E-state index in [1.165, 1.54) is 12.1 Å². The third-order valence-electron chi connectivity index (χ3n) is 4.55. The maximum Gasteiger partial charge on any atom is 0.411 e. The molecule has 0 saturated carbocycles. The van der Waals surface area contributed by atoms with E-state index in [2.05, 4.69) is 14.5 Å². The van der Waals surface area contributed by atoms with Crippen molar-refractivity contribution in [1.82, 2.24) is 9.80 Å². The molecule has 2 rings (SSSR count). The lowest BCUT2D eigenvalue weighted by atomic mass is 10.3. The van der Waals surface area contributed by atoms with Crippen LogP contribution in [0, 0.1) is 5.82 Å². The summed E-state index contributed by atoms with van der Waals surface area (Å²) in [6.07, 6.45) is -3.24. The number of piperazine rings is 1. The second-order valence-electron chi connectivity index (χ2n) is 6.83.